The van der Waals surface area contributed by atoms with Crippen molar-refractivity contribution in [3.63, 3.8) is 0 Å². The zero-order chi connectivity index (χ0) is 13.2. The van der Waals surface area contributed by atoms with Crippen LogP contribution in [0.2, 0.25) is 0 Å². The highest BCUT2D eigenvalue weighted by molar-refractivity contribution is 7.91. The molecule has 0 aliphatic carbocycles. The molecule has 2 rings (SSSR count). The predicted octanol–water partition coefficient (Wildman–Crippen LogP) is 0.0597. The van der Waals surface area contributed by atoms with Crippen molar-refractivity contribution in [2.24, 2.45) is 5.84 Å². The highest BCUT2D eigenvalue weighted by Crippen LogP contribution is 2.19. The van der Waals surface area contributed by atoms with Gasteiger partial charge in [0.15, 0.2) is 9.84 Å². The highest BCUT2D eigenvalue weighted by Gasteiger charge is 2.25. The van der Waals surface area contributed by atoms with Crippen LogP contribution in [0.3, 0.4) is 0 Å². The Balaban J connectivity index is 2.13. The van der Waals surface area contributed by atoms with Gasteiger partial charge in [0.1, 0.15) is 5.82 Å². The molecule has 100 valence electrons. The lowest BCUT2D eigenvalue weighted by Gasteiger charge is -2.24. The zero-order valence-corrected chi connectivity index (χ0v) is 11.0. The molecular weight excluding hydrogens is 254 g/mol. The first-order chi connectivity index (χ1) is 8.50. The minimum atomic E-state index is -2.93. The molecule has 1 atom stereocenters. The Morgan fingerprint density at radius 3 is 2.94 bits per heavy atom. The Labute approximate surface area is 106 Å². The van der Waals surface area contributed by atoms with Gasteiger partial charge in [0.05, 0.1) is 11.5 Å². The fourth-order valence-corrected chi connectivity index (χ4v) is 3.62. The maximum Gasteiger partial charge on any atom is 0.239 e. The minimum absolute atomic E-state index is 0.0945. The topological polar surface area (TPSA) is 110 Å². The molecule has 8 heteroatoms. The van der Waals surface area contributed by atoms with Gasteiger partial charge in [-0.3, -0.25) is 5.43 Å². The molecule has 0 bridgehead atoms. The van der Waals surface area contributed by atoms with Gasteiger partial charge in [-0.25, -0.2) is 19.2 Å². The molecule has 2 heterocycles. The van der Waals surface area contributed by atoms with Crippen LogP contribution in [0.1, 0.15) is 18.4 Å². The molecule has 1 aromatic rings. The van der Waals surface area contributed by atoms with Crippen molar-refractivity contribution in [3.05, 3.63) is 11.8 Å². The van der Waals surface area contributed by atoms with Crippen molar-refractivity contribution >= 4 is 21.6 Å². The summed E-state index contributed by atoms with van der Waals surface area (Å²) in [5.41, 5.74) is 3.23. The zero-order valence-electron chi connectivity index (χ0n) is 10.2. The van der Waals surface area contributed by atoms with Crippen LogP contribution in [0, 0.1) is 6.92 Å². The third-order valence-corrected chi connectivity index (χ3v) is 4.73. The van der Waals surface area contributed by atoms with E-state index in [9.17, 15) is 8.42 Å². The molecule has 1 aliphatic rings. The van der Waals surface area contributed by atoms with E-state index >= 15 is 0 Å². The van der Waals surface area contributed by atoms with Gasteiger partial charge in [-0.1, -0.05) is 0 Å². The number of nitrogens with zero attached hydrogens (tertiary/aromatic N) is 2. The van der Waals surface area contributed by atoms with Crippen molar-refractivity contribution in [1.82, 2.24) is 9.97 Å². The standard InChI is InChI=1S/C10H17N5O2S/c1-7-5-12-10(15-11)14-9(7)13-8-3-2-4-18(16,17)6-8/h5,8H,2-4,6,11H2,1H3,(H2,12,13,14,15). The van der Waals surface area contributed by atoms with Crippen molar-refractivity contribution in [2.45, 2.75) is 25.8 Å². The van der Waals surface area contributed by atoms with Crippen LogP contribution >= 0.6 is 0 Å². The fourth-order valence-electron chi connectivity index (χ4n) is 1.99. The van der Waals surface area contributed by atoms with Gasteiger partial charge in [-0.05, 0) is 19.8 Å². The number of hydrazine groups is 1. The van der Waals surface area contributed by atoms with Crippen LogP contribution in [0.4, 0.5) is 11.8 Å². The van der Waals surface area contributed by atoms with E-state index in [2.05, 4.69) is 20.7 Å². The van der Waals surface area contributed by atoms with Crippen LogP contribution in [-0.2, 0) is 9.84 Å². The molecule has 7 nitrogen and oxygen atoms in total. The summed E-state index contributed by atoms with van der Waals surface area (Å²) in [5, 5.41) is 3.15. The largest absolute Gasteiger partial charge is 0.366 e. The molecule has 1 aromatic heterocycles. The summed E-state index contributed by atoms with van der Waals surface area (Å²) in [6.07, 6.45) is 3.15. The van der Waals surface area contributed by atoms with Gasteiger partial charge >= 0.3 is 0 Å². The van der Waals surface area contributed by atoms with E-state index in [1.54, 1.807) is 6.20 Å². The lowest BCUT2D eigenvalue weighted by molar-refractivity contribution is 0.561. The van der Waals surface area contributed by atoms with Crippen LogP contribution in [0.25, 0.3) is 0 Å². The average Bonchev–Trinajstić information content (AvgIpc) is 2.31. The molecule has 1 saturated heterocycles. The number of nitrogens with two attached hydrogens (primary N) is 1. The SMILES string of the molecule is Cc1cnc(NN)nc1NC1CCCS(=O)(=O)C1. The summed E-state index contributed by atoms with van der Waals surface area (Å²) < 4.78 is 23.1. The second-order valence-electron chi connectivity index (χ2n) is 4.47. The molecular formula is C10H17N5O2S. The van der Waals surface area contributed by atoms with Gasteiger partial charge < -0.3 is 5.32 Å². The maximum absolute atomic E-state index is 11.6. The smallest absolute Gasteiger partial charge is 0.239 e. The fraction of sp³-hybridized carbons (Fsp3) is 0.600. The number of sulfone groups is 1. The Bertz CT molecular complexity index is 531. The van der Waals surface area contributed by atoms with Crippen LogP contribution < -0.4 is 16.6 Å². The third kappa shape index (κ3) is 3.08. The van der Waals surface area contributed by atoms with E-state index in [4.69, 9.17) is 5.84 Å². The van der Waals surface area contributed by atoms with Crippen molar-refractivity contribution in [2.75, 3.05) is 22.2 Å². The second kappa shape index (κ2) is 5.07. The van der Waals surface area contributed by atoms with Gasteiger partial charge in [-0.2, -0.15) is 4.98 Å². The molecule has 4 N–H and O–H groups in total. The first kappa shape index (κ1) is 13.0. The summed E-state index contributed by atoms with van der Waals surface area (Å²) in [4.78, 5) is 8.15. The number of aryl methyl sites for hydroxylation is 1. The Morgan fingerprint density at radius 1 is 1.50 bits per heavy atom. The van der Waals surface area contributed by atoms with Crippen molar-refractivity contribution in [3.8, 4) is 0 Å². The lowest BCUT2D eigenvalue weighted by atomic mass is 10.2. The molecule has 1 unspecified atom stereocenters. The highest BCUT2D eigenvalue weighted by atomic mass is 32.2. The third-order valence-electron chi connectivity index (χ3n) is 2.90. The van der Waals surface area contributed by atoms with Crippen LogP contribution in [0.15, 0.2) is 6.20 Å². The molecule has 18 heavy (non-hydrogen) atoms. The van der Waals surface area contributed by atoms with Crippen molar-refractivity contribution < 1.29 is 8.42 Å². The number of hydrogen-bond donors (Lipinski definition) is 3. The van der Waals surface area contributed by atoms with E-state index < -0.39 is 9.84 Å². The van der Waals surface area contributed by atoms with E-state index in [0.717, 1.165) is 12.0 Å². The second-order valence-corrected chi connectivity index (χ2v) is 6.70. The number of nitrogen functional groups attached to an aromatic ring is 1. The van der Waals surface area contributed by atoms with E-state index in [1.807, 2.05) is 6.92 Å². The van der Waals surface area contributed by atoms with E-state index in [1.165, 1.54) is 0 Å². The number of rotatable bonds is 3. The average molecular weight is 271 g/mol. The molecule has 0 saturated carbocycles. The Morgan fingerprint density at radius 2 is 2.28 bits per heavy atom. The molecule has 0 spiro atoms. The van der Waals surface area contributed by atoms with E-state index in [0.29, 0.717) is 18.2 Å². The van der Waals surface area contributed by atoms with Gasteiger partial charge in [0.25, 0.3) is 0 Å². The quantitative estimate of drug-likeness (QED) is 0.526. The summed E-state index contributed by atoms with van der Waals surface area (Å²) in [7, 11) is -2.93. The summed E-state index contributed by atoms with van der Waals surface area (Å²) in [6.45, 7) is 1.86. The predicted molar refractivity (Wildman–Crippen MR) is 69.9 cm³/mol. The summed E-state index contributed by atoms with van der Waals surface area (Å²) >= 11 is 0. The maximum atomic E-state index is 11.6. The van der Waals surface area contributed by atoms with Gasteiger partial charge in [0.2, 0.25) is 5.95 Å². The van der Waals surface area contributed by atoms with Crippen LogP contribution in [-0.4, -0.2) is 35.9 Å². The number of nitrogens with one attached hydrogen (secondary N) is 2. The Kier molecular flexibility index (Phi) is 3.67. The molecule has 1 aliphatic heterocycles. The minimum Gasteiger partial charge on any atom is -0.366 e. The Hall–Kier alpha value is -1.41. The molecule has 0 radical (unpaired) electrons. The first-order valence-electron chi connectivity index (χ1n) is 5.77. The first-order valence-corrected chi connectivity index (χ1v) is 7.59. The molecule has 0 aromatic carbocycles. The van der Waals surface area contributed by atoms with Crippen LogP contribution in [0.5, 0.6) is 0 Å². The normalized spacial score (nSPS) is 22.4. The summed E-state index contributed by atoms with van der Waals surface area (Å²) in [5.74, 6) is 6.61. The van der Waals surface area contributed by atoms with Crippen molar-refractivity contribution in [1.29, 1.82) is 0 Å². The molecule has 0 amide bonds. The van der Waals surface area contributed by atoms with E-state index in [-0.39, 0.29) is 17.5 Å². The number of anilines is 2. The molecule has 1 fully saturated rings. The summed E-state index contributed by atoms with van der Waals surface area (Å²) in [6, 6.07) is -0.0945. The van der Waals surface area contributed by atoms with Gasteiger partial charge in [0, 0.05) is 17.8 Å². The number of aromatic nitrogens is 2. The number of hydrogen-bond acceptors (Lipinski definition) is 7. The lowest BCUT2D eigenvalue weighted by Crippen LogP contribution is -2.35. The monoisotopic (exact) mass is 271 g/mol. The van der Waals surface area contributed by atoms with Gasteiger partial charge in [-0.15, -0.1) is 0 Å².